The van der Waals surface area contributed by atoms with Gasteiger partial charge < -0.3 is 20.1 Å². The zero-order chi connectivity index (χ0) is 12.4. The average molecular weight is 241 g/mol. The number of H-pyrrole nitrogens is 2. The van der Waals surface area contributed by atoms with Crippen molar-refractivity contribution in [1.29, 1.82) is 0 Å². The zero-order valence-corrected chi connectivity index (χ0v) is 9.22. The molecule has 1 aromatic heterocycles. The van der Waals surface area contributed by atoms with E-state index < -0.39 is 17.4 Å². The summed E-state index contributed by atoms with van der Waals surface area (Å²) >= 11 is 0. The maximum absolute atomic E-state index is 11.6. The molecular weight excluding hydrogens is 226 g/mol. The standard InChI is InChI=1S/C10H15N3O4/c14-5-6-4-13(2-1-8(6)15)7-3-11-10(17)12-9(7)16/h3,6,8,14-15H,1-2,4-5H2,(H2,11,12,16,17)/t6-,8+/m1/s1. The van der Waals surface area contributed by atoms with Crippen LogP contribution in [-0.4, -0.2) is 46.0 Å². The van der Waals surface area contributed by atoms with Crippen LogP contribution >= 0.6 is 0 Å². The van der Waals surface area contributed by atoms with E-state index >= 15 is 0 Å². The van der Waals surface area contributed by atoms with Gasteiger partial charge in [-0.05, 0) is 6.42 Å². The fourth-order valence-corrected chi connectivity index (χ4v) is 2.06. The molecular formula is C10H15N3O4. The lowest BCUT2D eigenvalue weighted by Crippen LogP contribution is -2.46. The normalized spacial score (nSPS) is 24.9. The first-order valence-electron chi connectivity index (χ1n) is 5.47. The smallest absolute Gasteiger partial charge is 0.325 e. The van der Waals surface area contributed by atoms with E-state index in [1.807, 2.05) is 0 Å². The average Bonchev–Trinajstić information content (AvgIpc) is 2.30. The molecule has 0 unspecified atom stereocenters. The third-order valence-corrected chi connectivity index (χ3v) is 3.07. The monoisotopic (exact) mass is 241 g/mol. The van der Waals surface area contributed by atoms with Crippen LogP contribution in [0.15, 0.2) is 15.8 Å². The summed E-state index contributed by atoms with van der Waals surface area (Å²) in [5, 5.41) is 18.7. The van der Waals surface area contributed by atoms with Gasteiger partial charge in [-0.25, -0.2) is 4.79 Å². The van der Waals surface area contributed by atoms with Gasteiger partial charge >= 0.3 is 5.69 Å². The highest BCUT2D eigenvalue weighted by molar-refractivity contribution is 5.42. The number of aromatic nitrogens is 2. The Hall–Kier alpha value is -1.60. The minimum atomic E-state index is -0.547. The molecule has 7 heteroatoms. The van der Waals surface area contributed by atoms with Gasteiger partial charge in [-0.2, -0.15) is 0 Å². The Morgan fingerprint density at radius 3 is 2.88 bits per heavy atom. The lowest BCUT2D eigenvalue weighted by atomic mass is 9.95. The van der Waals surface area contributed by atoms with Crippen LogP contribution in [0.1, 0.15) is 6.42 Å². The zero-order valence-electron chi connectivity index (χ0n) is 9.22. The van der Waals surface area contributed by atoms with Crippen molar-refractivity contribution in [3.05, 3.63) is 27.0 Å². The van der Waals surface area contributed by atoms with E-state index in [9.17, 15) is 14.7 Å². The summed E-state index contributed by atoms with van der Waals surface area (Å²) in [5.74, 6) is -0.268. The first kappa shape index (κ1) is 11.9. The molecule has 94 valence electrons. The molecule has 0 saturated carbocycles. The number of nitrogens with one attached hydrogen (secondary N) is 2. The van der Waals surface area contributed by atoms with Crippen LogP contribution in [0, 0.1) is 5.92 Å². The molecule has 4 N–H and O–H groups in total. The van der Waals surface area contributed by atoms with Gasteiger partial charge in [-0.1, -0.05) is 0 Å². The van der Waals surface area contributed by atoms with Gasteiger partial charge in [-0.15, -0.1) is 0 Å². The van der Waals surface area contributed by atoms with E-state index in [1.165, 1.54) is 6.20 Å². The number of hydrogen-bond acceptors (Lipinski definition) is 5. The summed E-state index contributed by atoms with van der Waals surface area (Å²) in [6.07, 6.45) is 1.30. The molecule has 7 nitrogen and oxygen atoms in total. The molecule has 1 fully saturated rings. The minimum Gasteiger partial charge on any atom is -0.396 e. The van der Waals surface area contributed by atoms with Gasteiger partial charge in [0.1, 0.15) is 5.69 Å². The molecule has 0 bridgehead atoms. The fourth-order valence-electron chi connectivity index (χ4n) is 2.06. The molecule has 1 aliphatic rings. The fraction of sp³-hybridized carbons (Fsp3) is 0.600. The molecule has 0 spiro atoms. The molecule has 2 heterocycles. The van der Waals surface area contributed by atoms with Crippen LogP contribution < -0.4 is 16.1 Å². The predicted molar refractivity (Wildman–Crippen MR) is 61.1 cm³/mol. The van der Waals surface area contributed by atoms with E-state index in [1.54, 1.807) is 4.90 Å². The lowest BCUT2D eigenvalue weighted by molar-refractivity contribution is 0.0525. The number of aliphatic hydroxyl groups excluding tert-OH is 2. The topological polar surface area (TPSA) is 109 Å². The molecule has 1 saturated heterocycles. The maximum atomic E-state index is 11.6. The Kier molecular flexibility index (Phi) is 3.30. The molecule has 0 amide bonds. The Labute approximate surface area is 96.7 Å². The Morgan fingerprint density at radius 1 is 1.47 bits per heavy atom. The summed E-state index contributed by atoms with van der Waals surface area (Å²) in [4.78, 5) is 28.8. The number of aromatic amines is 2. The highest BCUT2D eigenvalue weighted by Crippen LogP contribution is 2.19. The van der Waals surface area contributed by atoms with Crippen molar-refractivity contribution in [2.45, 2.75) is 12.5 Å². The molecule has 0 aliphatic carbocycles. The second-order valence-corrected chi connectivity index (χ2v) is 4.20. The number of hydrogen-bond donors (Lipinski definition) is 4. The Balaban J connectivity index is 2.23. The molecule has 17 heavy (non-hydrogen) atoms. The number of rotatable bonds is 2. The minimum absolute atomic E-state index is 0.126. The van der Waals surface area contributed by atoms with Crippen molar-refractivity contribution >= 4 is 5.69 Å². The second-order valence-electron chi connectivity index (χ2n) is 4.20. The second kappa shape index (κ2) is 4.72. The van der Waals surface area contributed by atoms with E-state index in [2.05, 4.69) is 9.97 Å². The predicted octanol–water partition coefficient (Wildman–Crippen LogP) is -1.76. The van der Waals surface area contributed by atoms with Gasteiger partial charge in [0.2, 0.25) is 0 Å². The Bertz CT molecular complexity index is 495. The number of nitrogens with zero attached hydrogens (tertiary/aromatic N) is 1. The van der Waals surface area contributed by atoms with Crippen LogP contribution in [0.4, 0.5) is 5.69 Å². The van der Waals surface area contributed by atoms with Crippen molar-refractivity contribution in [2.24, 2.45) is 5.92 Å². The van der Waals surface area contributed by atoms with Gasteiger partial charge in [0.25, 0.3) is 5.56 Å². The summed E-state index contributed by atoms with van der Waals surface area (Å²) in [6, 6.07) is 0. The van der Waals surface area contributed by atoms with E-state index in [0.29, 0.717) is 25.2 Å². The Morgan fingerprint density at radius 2 is 2.24 bits per heavy atom. The van der Waals surface area contributed by atoms with Crippen LogP contribution in [0.25, 0.3) is 0 Å². The first-order chi connectivity index (χ1) is 8.11. The SMILES string of the molecule is O=c1[nH]cc(N2CC[C@H](O)[C@@H](CO)C2)c(=O)[nH]1. The lowest BCUT2D eigenvalue weighted by Gasteiger charge is -2.35. The highest BCUT2D eigenvalue weighted by Gasteiger charge is 2.28. The third-order valence-electron chi connectivity index (χ3n) is 3.07. The third kappa shape index (κ3) is 2.40. The molecule has 0 aromatic carbocycles. The molecule has 2 atom stereocenters. The van der Waals surface area contributed by atoms with Crippen LogP contribution in [0.2, 0.25) is 0 Å². The van der Waals surface area contributed by atoms with Crippen molar-refractivity contribution < 1.29 is 10.2 Å². The quantitative estimate of drug-likeness (QED) is 0.490. The molecule has 1 aliphatic heterocycles. The summed E-state index contributed by atoms with van der Waals surface area (Å²) in [7, 11) is 0. The number of aliphatic hydroxyl groups is 2. The maximum Gasteiger partial charge on any atom is 0.325 e. The van der Waals surface area contributed by atoms with E-state index in [4.69, 9.17) is 5.11 Å². The summed E-state index contributed by atoms with van der Waals surface area (Å²) in [5.41, 5.74) is -0.647. The van der Waals surface area contributed by atoms with Gasteiger partial charge in [0.15, 0.2) is 0 Å². The molecule has 0 radical (unpaired) electrons. The first-order valence-corrected chi connectivity index (χ1v) is 5.47. The highest BCUT2D eigenvalue weighted by atomic mass is 16.3. The van der Waals surface area contributed by atoms with Crippen LogP contribution in [0.3, 0.4) is 0 Å². The van der Waals surface area contributed by atoms with Crippen LogP contribution in [-0.2, 0) is 0 Å². The van der Waals surface area contributed by atoms with E-state index in [0.717, 1.165) is 0 Å². The number of piperidine rings is 1. The van der Waals surface area contributed by atoms with Gasteiger partial charge in [0, 0.05) is 25.2 Å². The van der Waals surface area contributed by atoms with Gasteiger partial charge in [-0.3, -0.25) is 9.78 Å². The summed E-state index contributed by atoms with van der Waals surface area (Å²) < 4.78 is 0. The van der Waals surface area contributed by atoms with Crippen molar-refractivity contribution in [2.75, 3.05) is 24.6 Å². The van der Waals surface area contributed by atoms with Crippen molar-refractivity contribution in [3.8, 4) is 0 Å². The van der Waals surface area contributed by atoms with Crippen molar-refractivity contribution in [1.82, 2.24) is 9.97 Å². The largest absolute Gasteiger partial charge is 0.396 e. The molecule has 1 aromatic rings. The number of anilines is 1. The van der Waals surface area contributed by atoms with Crippen molar-refractivity contribution in [3.63, 3.8) is 0 Å². The summed E-state index contributed by atoms with van der Waals surface area (Å²) in [6.45, 7) is 0.790. The van der Waals surface area contributed by atoms with E-state index in [-0.39, 0.29) is 12.5 Å². The molecule has 2 rings (SSSR count). The van der Waals surface area contributed by atoms with Gasteiger partial charge in [0.05, 0.1) is 12.7 Å². The van der Waals surface area contributed by atoms with Crippen LogP contribution in [0.5, 0.6) is 0 Å².